The molecule has 0 unspecified atom stereocenters. The van der Waals surface area contributed by atoms with Gasteiger partial charge in [-0.15, -0.1) is 21.5 Å². The Kier molecular flexibility index (Phi) is 5.72. The molecule has 0 fully saturated rings. The Balaban J connectivity index is 1.58. The number of para-hydroxylation sites is 1. The molecule has 0 radical (unpaired) electrons. The summed E-state index contributed by atoms with van der Waals surface area (Å²) in [6.07, 6.45) is 0.484. The lowest BCUT2D eigenvalue weighted by Gasteiger charge is -2.10. The summed E-state index contributed by atoms with van der Waals surface area (Å²) in [7, 11) is 0. The first-order chi connectivity index (χ1) is 12.0. The van der Waals surface area contributed by atoms with Crippen LogP contribution in [0.1, 0.15) is 23.5 Å². The Morgan fingerprint density at radius 2 is 2.20 bits per heavy atom. The highest BCUT2D eigenvalue weighted by molar-refractivity contribution is 8.00. The quantitative estimate of drug-likeness (QED) is 0.631. The van der Waals surface area contributed by atoms with Crippen LogP contribution in [-0.4, -0.2) is 26.3 Å². The summed E-state index contributed by atoms with van der Waals surface area (Å²) in [5, 5.41) is 14.2. The van der Waals surface area contributed by atoms with Gasteiger partial charge in [0.2, 0.25) is 11.8 Å². The van der Waals surface area contributed by atoms with E-state index < -0.39 is 5.25 Å². The zero-order chi connectivity index (χ0) is 17.8. The molecule has 0 aliphatic rings. The summed E-state index contributed by atoms with van der Waals surface area (Å²) in [5.74, 6) is 0.291. The van der Waals surface area contributed by atoms with Crippen LogP contribution in [0.3, 0.4) is 0 Å². The number of carbonyl (C=O) groups excluding carboxylic acids is 1. The predicted molar refractivity (Wildman–Crippen MR) is 99.4 cm³/mol. The molecule has 0 spiro atoms. The fraction of sp³-hybridized carbons (Fsp3) is 0.250. The van der Waals surface area contributed by atoms with E-state index in [1.165, 1.54) is 11.8 Å². The molecule has 25 heavy (non-hydrogen) atoms. The summed E-state index contributed by atoms with van der Waals surface area (Å²) in [4.78, 5) is 16.6. The van der Waals surface area contributed by atoms with E-state index in [1.54, 1.807) is 36.5 Å². The van der Waals surface area contributed by atoms with E-state index in [1.807, 2.05) is 18.4 Å². The van der Waals surface area contributed by atoms with Gasteiger partial charge in [0.05, 0.1) is 33.1 Å². The number of hydrogen-bond acceptors (Lipinski definition) is 7. The second-order valence-corrected chi connectivity index (χ2v) is 7.99. The number of nitrogens with zero attached hydrogens (tertiary/aromatic N) is 3. The van der Waals surface area contributed by atoms with Crippen molar-refractivity contribution in [3.8, 4) is 0 Å². The number of aryl methyl sites for hydroxylation is 1. The lowest BCUT2D eigenvalue weighted by atomic mass is 10.3. The molecule has 0 bridgehead atoms. The fourth-order valence-electron chi connectivity index (χ4n) is 2.00. The highest BCUT2D eigenvalue weighted by Gasteiger charge is 2.19. The number of aromatic nitrogens is 3. The first-order valence-corrected chi connectivity index (χ1v) is 9.60. The SMILES string of the molecule is Cc1nc(Cc2nnc(S[C@H](C)C(=O)Nc3ccccc3Cl)o2)cs1. The number of anilines is 1. The zero-order valence-electron chi connectivity index (χ0n) is 13.5. The average Bonchev–Trinajstić information content (AvgIpc) is 3.19. The van der Waals surface area contributed by atoms with Crippen LogP contribution in [0.15, 0.2) is 39.3 Å². The third-order valence-electron chi connectivity index (χ3n) is 3.23. The molecule has 6 nitrogen and oxygen atoms in total. The van der Waals surface area contributed by atoms with E-state index in [0.29, 0.717) is 28.2 Å². The normalized spacial score (nSPS) is 12.1. The lowest BCUT2D eigenvalue weighted by molar-refractivity contribution is -0.115. The van der Waals surface area contributed by atoms with Crippen LogP contribution in [0.4, 0.5) is 5.69 Å². The first kappa shape index (κ1) is 17.9. The van der Waals surface area contributed by atoms with E-state index >= 15 is 0 Å². The van der Waals surface area contributed by atoms with Crippen molar-refractivity contribution in [1.82, 2.24) is 15.2 Å². The van der Waals surface area contributed by atoms with Gasteiger partial charge in [-0.3, -0.25) is 4.79 Å². The molecule has 0 saturated heterocycles. The van der Waals surface area contributed by atoms with Crippen molar-refractivity contribution in [3.63, 3.8) is 0 Å². The van der Waals surface area contributed by atoms with Crippen molar-refractivity contribution in [3.05, 3.63) is 51.3 Å². The summed E-state index contributed by atoms with van der Waals surface area (Å²) >= 11 is 8.83. The molecule has 3 rings (SSSR count). The minimum atomic E-state index is -0.411. The topological polar surface area (TPSA) is 80.9 Å². The summed E-state index contributed by atoms with van der Waals surface area (Å²) in [6.45, 7) is 3.72. The Morgan fingerprint density at radius 3 is 2.92 bits per heavy atom. The third kappa shape index (κ3) is 4.81. The van der Waals surface area contributed by atoms with Gasteiger partial charge in [-0.1, -0.05) is 35.5 Å². The van der Waals surface area contributed by atoms with Crippen LogP contribution < -0.4 is 5.32 Å². The number of halogens is 1. The maximum atomic E-state index is 12.3. The van der Waals surface area contributed by atoms with Crippen LogP contribution in [0.25, 0.3) is 0 Å². The van der Waals surface area contributed by atoms with Gasteiger partial charge in [-0.2, -0.15) is 0 Å². The summed E-state index contributed by atoms with van der Waals surface area (Å²) in [6, 6.07) is 7.08. The van der Waals surface area contributed by atoms with Crippen molar-refractivity contribution in [1.29, 1.82) is 0 Å². The lowest BCUT2D eigenvalue weighted by Crippen LogP contribution is -2.22. The van der Waals surface area contributed by atoms with Crippen LogP contribution >= 0.6 is 34.7 Å². The number of hydrogen-bond donors (Lipinski definition) is 1. The predicted octanol–water partition coefficient (Wildman–Crippen LogP) is 4.20. The number of carbonyl (C=O) groups is 1. The Hall–Kier alpha value is -1.90. The zero-order valence-corrected chi connectivity index (χ0v) is 15.9. The molecule has 1 aromatic carbocycles. The molecule has 3 aromatic rings. The maximum Gasteiger partial charge on any atom is 0.277 e. The van der Waals surface area contributed by atoms with Crippen LogP contribution in [-0.2, 0) is 11.2 Å². The van der Waals surface area contributed by atoms with Crippen LogP contribution in [0.5, 0.6) is 0 Å². The highest BCUT2D eigenvalue weighted by atomic mass is 35.5. The Bertz CT molecular complexity index is 880. The Labute approximate surface area is 158 Å². The molecule has 1 amide bonds. The number of thiazole rings is 1. The molecule has 1 atom stereocenters. The largest absolute Gasteiger partial charge is 0.416 e. The first-order valence-electron chi connectivity index (χ1n) is 7.46. The summed E-state index contributed by atoms with van der Waals surface area (Å²) < 4.78 is 5.59. The van der Waals surface area contributed by atoms with Crippen molar-refractivity contribution in [2.75, 3.05) is 5.32 Å². The molecule has 2 heterocycles. The molecule has 130 valence electrons. The number of amides is 1. The third-order valence-corrected chi connectivity index (χ3v) is 5.31. The van der Waals surface area contributed by atoms with Gasteiger partial charge in [0.15, 0.2) is 0 Å². The summed E-state index contributed by atoms with van der Waals surface area (Å²) in [5.41, 5.74) is 1.47. The molecule has 2 aromatic heterocycles. The van der Waals surface area contributed by atoms with Gasteiger partial charge in [0, 0.05) is 5.38 Å². The van der Waals surface area contributed by atoms with E-state index in [4.69, 9.17) is 16.0 Å². The van der Waals surface area contributed by atoms with Crippen LogP contribution in [0, 0.1) is 6.92 Å². The molecule has 1 N–H and O–H groups in total. The Morgan fingerprint density at radius 1 is 1.40 bits per heavy atom. The highest BCUT2D eigenvalue weighted by Crippen LogP contribution is 2.26. The van der Waals surface area contributed by atoms with E-state index in [2.05, 4.69) is 20.5 Å². The van der Waals surface area contributed by atoms with Gasteiger partial charge in [0.25, 0.3) is 5.22 Å². The fourth-order valence-corrected chi connectivity index (χ4v) is 3.50. The van der Waals surface area contributed by atoms with E-state index in [-0.39, 0.29) is 5.91 Å². The maximum absolute atomic E-state index is 12.3. The van der Waals surface area contributed by atoms with Gasteiger partial charge < -0.3 is 9.73 Å². The standard InChI is InChI=1S/C16H15ClN4O2S2/c1-9(15(22)19-13-6-4-3-5-12(13)17)25-16-21-20-14(23-16)7-11-8-24-10(2)18-11/h3-6,8-9H,7H2,1-2H3,(H,19,22)/t9-/m1/s1. The monoisotopic (exact) mass is 394 g/mol. The number of benzene rings is 1. The van der Waals surface area contributed by atoms with Gasteiger partial charge in [0.1, 0.15) is 0 Å². The molecule has 0 aliphatic carbocycles. The van der Waals surface area contributed by atoms with Crippen molar-refractivity contribution < 1.29 is 9.21 Å². The van der Waals surface area contributed by atoms with E-state index in [0.717, 1.165) is 10.7 Å². The van der Waals surface area contributed by atoms with Gasteiger partial charge in [-0.05, 0) is 26.0 Å². The molecule has 0 saturated carbocycles. The minimum Gasteiger partial charge on any atom is -0.416 e. The number of thioether (sulfide) groups is 1. The minimum absolute atomic E-state index is 0.187. The van der Waals surface area contributed by atoms with Crippen molar-refractivity contribution in [2.24, 2.45) is 0 Å². The molecular weight excluding hydrogens is 380 g/mol. The van der Waals surface area contributed by atoms with Crippen molar-refractivity contribution in [2.45, 2.75) is 30.7 Å². The number of rotatable bonds is 6. The smallest absolute Gasteiger partial charge is 0.277 e. The molecule has 9 heteroatoms. The number of nitrogens with one attached hydrogen (secondary N) is 1. The van der Waals surface area contributed by atoms with Crippen molar-refractivity contribution >= 4 is 46.3 Å². The second-order valence-electron chi connectivity index (χ2n) is 5.23. The molecule has 0 aliphatic heterocycles. The van der Waals surface area contributed by atoms with Gasteiger partial charge in [-0.25, -0.2) is 4.98 Å². The van der Waals surface area contributed by atoms with Gasteiger partial charge >= 0.3 is 0 Å². The molecular formula is C16H15ClN4O2S2. The van der Waals surface area contributed by atoms with Crippen LogP contribution in [0.2, 0.25) is 5.02 Å². The second kappa shape index (κ2) is 7.99. The van der Waals surface area contributed by atoms with E-state index in [9.17, 15) is 4.79 Å². The average molecular weight is 395 g/mol.